The molecule has 0 unspecified atom stereocenters. The molecule has 162 valence electrons. The first kappa shape index (κ1) is 22.5. The SMILES string of the molecule is CCn1c(CNC(=O)c2ccc(F)cc2)nnc1SCC(=O)Nc1cc(C)ccc1C. The maximum absolute atomic E-state index is 13.0. The van der Waals surface area contributed by atoms with E-state index in [4.69, 9.17) is 0 Å². The summed E-state index contributed by atoms with van der Waals surface area (Å²) >= 11 is 1.29. The molecule has 9 heteroatoms. The van der Waals surface area contributed by atoms with E-state index < -0.39 is 5.82 Å². The number of hydrogen-bond donors (Lipinski definition) is 2. The van der Waals surface area contributed by atoms with Crippen molar-refractivity contribution in [1.29, 1.82) is 0 Å². The summed E-state index contributed by atoms with van der Waals surface area (Å²) in [5.41, 5.74) is 3.24. The predicted molar refractivity (Wildman–Crippen MR) is 119 cm³/mol. The summed E-state index contributed by atoms with van der Waals surface area (Å²) in [4.78, 5) is 24.6. The molecule has 2 N–H and O–H groups in total. The van der Waals surface area contributed by atoms with Crippen LogP contribution in [0.1, 0.15) is 34.2 Å². The van der Waals surface area contributed by atoms with Crippen LogP contribution in [0.5, 0.6) is 0 Å². The summed E-state index contributed by atoms with van der Waals surface area (Å²) in [7, 11) is 0. The molecule has 2 aromatic carbocycles. The lowest BCUT2D eigenvalue weighted by Crippen LogP contribution is -2.24. The minimum Gasteiger partial charge on any atom is -0.345 e. The Morgan fingerprint density at radius 1 is 1.10 bits per heavy atom. The standard InChI is InChI=1S/C22H24FN5O2S/c1-4-28-19(12-24-21(30)16-7-9-17(23)10-8-16)26-27-22(28)31-13-20(29)25-18-11-14(2)5-6-15(18)3/h5-11H,4,12-13H2,1-3H3,(H,24,30)(H,25,29). The lowest BCUT2D eigenvalue weighted by molar-refractivity contribution is -0.113. The van der Waals surface area contributed by atoms with Crippen LogP contribution in [0.2, 0.25) is 0 Å². The highest BCUT2D eigenvalue weighted by atomic mass is 32.2. The Morgan fingerprint density at radius 2 is 1.84 bits per heavy atom. The molecule has 0 saturated heterocycles. The van der Waals surface area contributed by atoms with Crippen LogP contribution in [0.25, 0.3) is 0 Å². The van der Waals surface area contributed by atoms with Crippen molar-refractivity contribution < 1.29 is 14.0 Å². The van der Waals surface area contributed by atoms with E-state index in [-0.39, 0.29) is 24.1 Å². The fourth-order valence-corrected chi connectivity index (χ4v) is 3.74. The fraction of sp³-hybridized carbons (Fsp3) is 0.273. The van der Waals surface area contributed by atoms with Crippen molar-refractivity contribution in [2.75, 3.05) is 11.1 Å². The van der Waals surface area contributed by atoms with Gasteiger partial charge in [0.15, 0.2) is 11.0 Å². The molecule has 0 bridgehead atoms. The Morgan fingerprint density at radius 3 is 2.55 bits per heavy atom. The number of aromatic nitrogens is 3. The van der Waals surface area contributed by atoms with Gasteiger partial charge in [0.1, 0.15) is 5.82 Å². The first-order valence-electron chi connectivity index (χ1n) is 9.83. The lowest BCUT2D eigenvalue weighted by atomic mass is 10.1. The van der Waals surface area contributed by atoms with Gasteiger partial charge in [0, 0.05) is 17.8 Å². The zero-order chi connectivity index (χ0) is 22.4. The van der Waals surface area contributed by atoms with E-state index in [1.807, 2.05) is 43.5 Å². The van der Waals surface area contributed by atoms with Gasteiger partial charge in [-0.3, -0.25) is 9.59 Å². The van der Waals surface area contributed by atoms with Crippen molar-refractivity contribution in [2.45, 2.75) is 39.0 Å². The summed E-state index contributed by atoms with van der Waals surface area (Å²) in [6.45, 7) is 6.63. The van der Waals surface area contributed by atoms with Gasteiger partial charge in [-0.1, -0.05) is 23.9 Å². The van der Waals surface area contributed by atoms with Crippen LogP contribution in [-0.2, 0) is 17.9 Å². The number of hydrogen-bond acceptors (Lipinski definition) is 5. The number of amides is 2. The third-order valence-electron chi connectivity index (χ3n) is 4.62. The Labute approximate surface area is 184 Å². The van der Waals surface area contributed by atoms with Crippen LogP contribution >= 0.6 is 11.8 Å². The highest BCUT2D eigenvalue weighted by molar-refractivity contribution is 7.99. The van der Waals surface area contributed by atoms with Crippen molar-refractivity contribution in [1.82, 2.24) is 20.1 Å². The summed E-state index contributed by atoms with van der Waals surface area (Å²) in [5, 5.41) is 14.6. The monoisotopic (exact) mass is 441 g/mol. The van der Waals surface area contributed by atoms with Crippen molar-refractivity contribution in [2.24, 2.45) is 0 Å². The van der Waals surface area contributed by atoms with Crippen LogP contribution < -0.4 is 10.6 Å². The van der Waals surface area contributed by atoms with Crippen molar-refractivity contribution in [3.8, 4) is 0 Å². The number of benzene rings is 2. The summed E-state index contributed by atoms with van der Waals surface area (Å²) < 4.78 is 14.9. The second-order valence-corrected chi connectivity index (χ2v) is 7.93. The molecule has 0 aliphatic carbocycles. The number of thioether (sulfide) groups is 1. The minimum absolute atomic E-state index is 0.129. The van der Waals surface area contributed by atoms with Gasteiger partial charge in [-0.2, -0.15) is 0 Å². The number of carbonyl (C=O) groups excluding carboxylic acids is 2. The average molecular weight is 442 g/mol. The average Bonchev–Trinajstić information content (AvgIpc) is 3.15. The summed E-state index contributed by atoms with van der Waals surface area (Å²) in [5.74, 6) is -0.0859. The molecule has 0 aliphatic heterocycles. The van der Waals surface area contributed by atoms with E-state index in [1.54, 1.807) is 0 Å². The van der Waals surface area contributed by atoms with Gasteiger partial charge in [-0.05, 0) is 62.2 Å². The Kier molecular flexibility index (Phi) is 7.41. The van der Waals surface area contributed by atoms with Crippen molar-refractivity contribution in [3.05, 3.63) is 70.8 Å². The molecule has 1 aromatic heterocycles. The molecular formula is C22H24FN5O2S. The highest BCUT2D eigenvalue weighted by Gasteiger charge is 2.15. The van der Waals surface area contributed by atoms with E-state index in [0.29, 0.717) is 23.1 Å². The van der Waals surface area contributed by atoms with Crippen LogP contribution in [0, 0.1) is 19.7 Å². The van der Waals surface area contributed by atoms with E-state index in [2.05, 4.69) is 20.8 Å². The first-order valence-corrected chi connectivity index (χ1v) is 10.8. The minimum atomic E-state index is -0.398. The molecule has 0 radical (unpaired) electrons. The topological polar surface area (TPSA) is 88.9 Å². The maximum atomic E-state index is 13.0. The largest absolute Gasteiger partial charge is 0.345 e. The van der Waals surface area contributed by atoms with E-state index in [1.165, 1.54) is 36.0 Å². The number of nitrogens with zero attached hydrogens (tertiary/aromatic N) is 3. The summed E-state index contributed by atoms with van der Waals surface area (Å²) in [6.07, 6.45) is 0. The van der Waals surface area contributed by atoms with Crippen LogP contribution in [0.4, 0.5) is 10.1 Å². The van der Waals surface area contributed by atoms with Gasteiger partial charge in [0.2, 0.25) is 5.91 Å². The van der Waals surface area contributed by atoms with Crippen LogP contribution in [-0.4, -0.2) is 32.3 Å². The number of anilines is 1. The number of aryl methyl sites for hydroxylation is 2. The van der Waals surface area contributed by atoms with Crippen molar-refractivity contribution in [3.63, 3.8) is 0 Å². The second-order valence-electron chi connectivity index (χ2n) is 6.99. The predicted octanol–water partition coefficient (Wildman–Crippen LogP) is 3.71. The van der Waals surface area contributed by atoms with Gasteiger partial charge in [-0.15, -0.1) is 10.2 Å². The number of rotatable bonds is 8. The number of carbonyl (C=O) groups is 2. The van der Waals surface area contributed by atoms with Gasteiger partial charge < -0.3 is 15.2 Å². The molecule has 0 fully saturated rings. The maximum Gasteiger partial charge on any atom is 0.251 e. The molecule has 1 heterocycles. The van der Waals surface area contributed by atoms with E-state index in [0.717, 1.165) is 16.8 Å². The third kappa shape index (κ3) is 5.91. The second kappa shape index (κ2) is 10.2. The van der Waals surface area contributed by atoms with Gasteiger partial charge in [0.25, 0.3) is 5.91 Å². The van der Waals surface area contributed by atoms with Crippen LogP contribution in [0.15, 0.2) is 47.6 Å². The summed E-state index contributed by atoms with van der Waals surface area (Å²) in [6, 6.07) is 11.2. The van der Waals surface area contributed by atoms with Gasteiger partial charge >= 0.3 is 0 Å². The molecule has 0 atom stereocenters. The van der Waals surface area contributed by atoms with Gasteiger partial charge in [0.05, 0.1) is 12.3 Å². The molecule has 2 amide bonds. The lowest BCUT2D eigenvalue weighted by Gasteiger charge is -2.10. The first-order chi connectivity index (χ1) is 14.9. The Bertz CT molecular complexity index is 1080. The molecule has 0 aliphatic rings. The number of nitrogens with one attached hydrogen (secondary N) is 2. The molecule has 31 heavy (non-hydrogen) atoms. The van der Waals surface area contributed by atoms with E-state index in [9.17, 15) is 14.0 Å². The smallest absolute Gasteiger partial charge is 0.251 e. The van der Waals surface area contributed by atoms with Crippen LogP contribution in [0.3, 0.4) is 0 Å². The molecule has 7 nitrogen and oxygen atoms in total. The quantitative estimate of drug-likeness (QED) is 0.520. The number of halogens is 1. The molecule has 3 aromatic rings. The van der Waals surface area contributed by atoms with Gasteiger partial charge in [-0.25, -0.2) is 4.39 Å². The Balaban J connectivity index is 1.58. The molecule has 3 rings (SSSR count). The fourth-order valence-electron chi connectivity index (χ4n) is 2.92. The molecular weight excluding hydrogens is 417 g/mol. The highest BCUT2D eigenvalue weighted by Crippen LogP contribution is 2.20. The molecule has 0 spiro atoms. The normalized spacial score (nSPS) is 10.7. The van der Waals surface area contributed by atoms with Crippen molar-refractivity contribution >= 4 is 29.3 Å². The zero-order valence-electron chi connectivity index (χ0n) is 17.6. The Hall–Kier alpha value is -3.20. The van der Waals surface area contributed by atoms with E-state index >= 15 is 0 Å². The molecule has 0 saturated carbocycles. The zero-order valence-corrected chi connectivity index (χ0v) is 18.4. The third-order valence-corrected chi connectivity index (χ3v) is 5.59.